The van der Waals surface area contributed by atoms with Gasteiger partial charge in [0.1, 0.15) is 0 Å². The van der Waals surface area contributed by atoms with E-state index >= 15 is 0 Å². The van der Waals surface area contributed by atoms with Gasteiger partial charge in [-0.1, -0.05) is 72.2 Å². The van der Waals surface area contributed by atoms with Gasteiger partial charge in [-0.15, -0.1) is 0 Å². The molecule has 2 aliphatic carbocycles. The summed E-state index contributed by atoms with van der Waals surface area (Å²) in [6, 6.07) is 10.7. The quantitative estimate of drug-likeness (QED) is 0.508. The molecule has 0 radical (unpaired) electrons. The molecule has 1 fully saturated rings. The fraction of sp³-hybridized carbons (Fsp3) is 0.500. The lowest BCUT2D eigenvalue weighted by Crippen LogP contribution is -2.33. The summed E-state index contributed by atoms with van der Waals surface area (Å²) in [7, 11) is 0. The van der Waals surface area contributed by atoms with E-state index in [1.807, 2.05) is 0 Å². The average molecular weight is 336 g/mol. The van der Waals surface area contributed by atoms with Gasteiger partial charge in [0, 0.05) is 6.54 Å². The van der Waals surface area contributed by atoms with Crippen LogP contribution in [0.15, 0.2) is 65.3 Å². The van der Waals surface area contributed by atoms with E-state index in [9.17, 15) is 0 Å². The van der Waals surface area contributed by atoms with Crippen LogP contribution in [0.25, 0.3) is 0 Å². The van der Waals surface area contributed by atoms with Gasteiger partial charge in [0.25, 0.3) is 0 Å². The molecule has 0 aliphatic heterocycles. The highest BCUT2D eigenvalue weighted by molar-refractivity contribution is 5.39. The molecule has 3 rings (SSSR count). The third kappa shape index (κ3) is 4.33. The zero-order valence-electron chi connectivity index (χ0n) is 16.2. The summed E-state index contributed by atoms with van der Waals surface area (Å²) in [4.78, 5) is 0. The molecule has 2 aliphatic rings. The fourth-order valence-electron chi connectivity index (χ4n) is 4.68. The first-order valence-corrected chi connectivity index (χ1v) is 9.78. The Morgan fingerprint density at radius 2 is 2.04 bits per heavy atom. The maximum Gasteiger partial charge on any atom is 0.0168 e. The second kappa shape index (κ2) is 7.74. The molecule has 1 saturated carbocycles. The standard InChI is InChI=1S/C24H33N/c1-18(2)22-10-12-24(4)16-21(14-19(3)23(24)15-22)17-25-13-11-20-8-6-5-7-9-20/h5-9,14,22,25H,1,10-13,15-17H2,2-4H3/t22-,24+/m1/s1. The van der Waals surface area contributed by atoms with Crippen molar-refractivity contribution in [3.63, 3.8) is 0 Å². The first-order valence-electron chi connectivity index (χ1n) is 9.78. The molecule has 1 heteroatoms. The highest BCUT2D eigenvalue weighted by atomic mass is 14.8. The van der Waals surface area contributed by atoms with E-state index in [1.165, 1.54) is 42.4 Å². The Labute approximate surface area is 153 Å². The summed E-state index contributed by atoms with van der Waals surface area (Å²) in [5.74, 6) is 0.692. The third-order valence-electron chi connectivity index (χ3n) is 6.22. The van der Waals surface area contributed by atoms with E-state index in [4.69, 9.17) is 0 Å². The maximum absolute atomic E-state index is 4.21. The molecule has 2 atom stereocenters. The van der Waals surface area contributed by atoms with Gasteiger partial charge in [-0.05, 0) is 69.4 Å². The van der Waals surface area contributed by atoms with Crippen LogP contribution in [0.5, 0.6) is 0 Å². The Morgan fingerprint density at radius 1 is 1.28 bits per heavy atom. The molecule has 0 heterocycles. The van der Waals surface area contributed by atoms with Crippen molar-refractivity contribution >= 4 is 0 Å². The first kappa shape index (κ1) is 18.2. The summed E-state index contributed by atoms with van der Waals surface area (Å²) >= 11 is 0. The van der Waals surface area contributed by atoms with Crippen LogP contribution in [0.1, 0.15) is 52.0 Å². The van der Waals surface area contributed by atoms with Crippen molar-refractivity contribution in [3.8, 4) is 0 Å². The van der Waals surface area contributed by atoms with Crippen molar-refractivity contribution in [2.45, 2.75) is 52.9 Å². The Hall–Kier alpha value is -1.60. The topological polar surface area (TPSA) is 12.0 Å². The lowest BCUT2D eigenvalue weighted by Gasteiger charge is -2.44. The van der Waals surface area contributed by atoms with Gasteiger partial charge in [-0.25, -0.2) is 0 Å². The van der Waals surface area contributed by atoms with E-state index in [2.05, 4.69) is 69.1 Å². The predicted octanol–water partition coefficient (Wildman–Crippen LogP) is 5.85. The number of hydrogen-bond acceptors (Lipinski definition) is 1. The van der Waals surface area contributed by atoms with Crippen LogP contribution >= 0.6 is 0 Å². The lowest BCUT2D eigenvalue weighted by atomic mass is 9.61. The number of rotatable bonds is 6. The zero-order valence-corrected chi connectivity index (χ0v) is 16.2. The number of allylic oxidation sites excluding steroid dienone is 4. The summed E-state index contributed by atoms with van der Waals surface area (Å²) in [5.41, 5.74) is 7.93. The number of nitrogens with one attached hydrogen (secondary N) is 1. The SMILES string of the molecule is C=C(C)[C@@H]1CC[C@@]2(C)CC(CNCCc3ccccc3)=CC(C)=C2C1. The van der Waals surface area contributed by atoms with Crippen molar-refractivity contribution in [3.05, 3.63) is 70.8 Å². The normalized spacial score (nSPS) is 26.2. The van der Waals surface area contributed by atoms with Gasteiger partial charge < -0.3 is 5.32 Å². The molecule has 1 nitrogen and oxygen atoms in total. The van der Waals surface area contributed by atoms with Crippen LogP contribution in [0.3, 0.4) is 0 Å². The van der Waals surface area contributed by atoms with Gasteiger partial charge in [0.05, 0.1) is 0 Å². The molecule has 0 bridgehead atoms. The minimum atomic E-state index is 0.376. The van der Waals surface area contributed by atoms with Crippen molar-refractivity contribution in [1.29, 1.82) is 0 Å². The minimum Gasteiger partial charge on any atom is -0.313 e. The molecular formula is C24H33N. The van der Waals surface area contributed by atoms with Crippen LogP contribution in [0, 0.1) is 11.3 Å². The molecule has 1 N–H and O–H groups in total. The van der Waals surface area contributed by atoms with Gasteiger partial charge in [-0.3, -0.25) is 0 Å². The van der Waals surface area contributed by atoms with Crippen molar-refractivity contribution in [2.24, 2.45) is 11.3 Å². The lowest BCUT2D eigenvalue weighted by molar-refractivity contribution is 0.258. The summed E-state index contributed by atoms with van der Waals surface area (Å²) in [6.07, 6.45) is 8.61. The molecular weight excluding hydrogens is 302 g/mol. The van der Waals surface area contributed by atoms with E-state index in [0.29, 0.717) is 11.3 Å². The maximum atomic E-state index is 4.21. The fourth-order valence-corrected chi connectivity index (χ4v) is 4.68. The Kier molecular flexibility index (Phi) is 5.64. The minimum absolute atomic E-state index is 0.376. The van der Waals surface area contributed by atoms with Crippen molar-refractivity contribution in [1.82, 2.24) is 5.32 Å². The van der Waals surface area contributed by atoms with Crippen LogP contribution in [0.2, 0.25) is 0 Å². The Morgan fingerprint density at radius 3 is 2.76 bits per heavy atom. The van der Waals surface area contributed by atoms with Crippen molar-refractivity contribution < 1.29 is 0 Å². The Bertz CT molecular complexity index is 679. The molecule has 1 aromatic carbocycles. The van der Waals surface area contributed by atoms with E-state index in [0.717, 1.165) is 19.5 Å². The highest BCUT2D eigenvalue weighted by Gasteiger charge is 2.38. The highest BCUT2D eigenvalue weighted by Crippen LogP contribution is 2.51. The third-order valence-corrected chi connectivity index (χ3v) is 6.22. The summed E-state index contributed by atoms with van der Waals surface area (Å²) in [6.45, 7) is 13.3. The van der Waals surface area contributed by atoms with E-state index < -0.39 is 0 Å². The molecule has 25 heavy (non-hydrogen) atoms. The molecule has 0 aromatic heterocycles. The smallest absolute Gasteiger partial charge is 0.0168 e. The Balaban J connectivity index is 1.58. The van der Waals surface area contributed by atoms with Gasteiger partial charge in [0.15, 0.2) is 0 Å². The zero-order chi connectivity index (χ0) is 17.9. The number of fused-ring (bicyclic) bond motifs is 1. The summed E-state index contributed by atoms with van der Waals surface area (Å²) in [5, 5.41) is 3.66. The predicted molar refractivity (Wildman–Crippen MR) is 109 cm³/mol. The van der Waals surface area contributed by atoms with Crippen LogP contribution in [0.4, 0.5) is 0 Å². The largest absolute Gasteiger partial charge is 0.313 e. The average Bonchev–Trinajstić information content (AvgIpc) is 2.59. The molecule has 134 valence electrons. The van der Waals surface area contributed by atoms with Gasteiger partial charge in [0.2, 0.25) is 0 Å². The van der Waals surface area contributed by atoms with E-state index in [1.54, 1.807) is 11.1 Å². The second-order valence-electron chi connectivity index (χ2n) is 8.40. The van der Waals surface area contributed by atoms with Gasteiger partial charge in [-0.2, -0.15) is 0 Å². The number of benzene rings is 1. The first-order chi connectivity index (χ1) is 12.0. The number of hydrogen-bond donors (Lipinski definition) is 1. The van der Waals surface area contributed by atoms with Crippen LogP contribution < -0.4 is 5.32 Å². The molecule has 0 amide bonds. The van der Waals surface area contributed by atoms with E-state index in [-0.39, 0.29) is 0 Å². The van der Waals surface area contributed by atoms with Crippen LogP contribution in [-0.2, 0) is 6.42 Å². The molecule has 1 aromatic rings. The van der Waals surface area contributed by atoms with Crippen molar-refractivity contribution in [2.75, 3.05) is 13.1 Å². The second-order valence-corrected chi connectivity index (χ2v) is 8.40. The molecule has 0 saturated heterocycles. The summed E-state index contributed by atoms with van der Waals surface area (Å²) < 4.78 is 0. The molecule has 0 spiro atoms. The monoisotopic (exact) mass is 335 g/mol. The van der Waals surface area contributed by atoms with Crippen LogP contribution in [-0.4, -0.2) is 13.1 Å². The molecule has 0 unspecified atom stereocenters. The van der Waals surface area contributed by atoms with Gasteiger partial charge >= 0.3 is 0 Å².